The van der Waals surface area contributed by atoms with Crippen LogP contribution in [0.3, 0.4) is 0 Å². The van der Waals surface area contributed by atoms with Crippen LogP contribution in [-0.2, 0) is 0 Å². The van der Waals surface area contributed by atoms with E-state index in [1.807, 2.05) is 0 Å². The molecule has 98 valence electrons. The van der Waals surface area contributed by atoms with E-state index in [4.69, 9.17) is 0 Å². The highest BCUT2D eigenvalue weighted by Crippen LogP contribution is 2.31. The van der Waals surface area contributed by atoms with E-state index in [0.717, 1.165) is 18.2 Å². The number of nitrogens with zero attached hydrogens (tertiary/aromatic N) is 2. The lowest BCUT2D eigenvalue weighted by molar-refractivity contribution is -0.384. The lowest BCUT2D eigenvalue weighted by Gasteiger charge is -2.06. The monoisotopic (exact) mass is 265 g/mol. The van der Waals surface area contributed by atoms with Crippen molar-refractivity contribution in [1.29, 1.82) is 0 Å². The topological polar surface area (TPSA) is 68.1 Å². The predicted molar refractivity (Wildman–Crippen MR) is 65.8 cm³/mol. The number of halogens is 2. The fraction of sp³-hybridized carbons (Fsp3) is 0.0833. The average Bonchev–Trinajstić information content (AvgIpc) is 2.40. The van der Waals surface area contributed by atoms with Gasteiger partial charge in [0.15, 0.2) is 5.69 Å². The summed E-state index contributed by atoms with van der Waals surface area (Å²) < 4.78 is 26.9. The van der Waals surface area contributed by atoms with Gasteiger partial charge in [0.25, 0.3) is 5.69 Å². The van der Waals surface area contributed by atoms with Gasteiger partial charge in [-0.25, -0.2) is 13.8 Å². The van der Waals surface area contributed by atoms with Crippen molar-refractivity contribution in [2.45, 2.75) is 0 Å². The third kappa shape index (κ3) is 2.49. The first-order chi connectivity index (χ1) is 9.02. The van der Waals surface area contributed by atoms with Gasteiger partial charge in [-0.3, -0.25) is 10.1 Å². The number of anilines is 1. The van der Waals surface area contributed by atoms with Crippen molar-refractivity contribution in [3.63, 3.8) is 0 Å². The molecule has 1 N–H and O–H groups in total. The van der Waals surface area contributed by atoms with Crippen molar-refractivity contribution in [2.24, 2.45) is 0 Å². The van der Waals surface area contributed by atoms with E-state index in [0.29, 0.717) is 5.82 Å². The van der Waals surface area contributed by atoms with Gasteiger partial charge in [-0.1, -0.05) is 0 Å². The molecule has 0 aliphatic heterocycles. The molecule has 0 saturated heterocycles. The molecule has 0 fully saturated rings. The second kappa shape index (κ2) is 4.97. The summed E-state index contributed by atoms with van der Waals surface area (Å²) in [6, 6.07) is 5.30. The van der Waals surface area contributed by atoms with Crippen molar-refractivity contribution in [2.75, 3.05) is 12.4 Å². The van der Waals surface area contributed by atoms with Gasteiger partial charge < -0.3 is 5.32 Å². The summed E-state index contributed by atoms with van der Waals surface area (Å²) in [4.78, 5) is 14.2. The third-order valence-electron chi connectivity index (χ3n) is 2.51. The van der Waals surface area contributed by atoms with E-state index in [9.17, 15) is 18.9 Å². The van der Waals surface area contributed by atoms with Crippen LogP contribution in [0.1, 0.15) is 0 Å². The standard InChI is InChI=1S/C12H9F2N3O2/c1-15-11-5-4-10(17(18)19)12(16-11)8-6-7(13)2-3-9(8)14/h2-6H,1H3,(H,15,16). The number of pyridine rings is 1. The largest absolute Gasteiger partial charge is 0.373 e. The first-order valence-electron chi connectivity index (χ1n) is 5.31. The van der Waals surface area contributed by atoms with Crippen molar-refractivity contribution in [1.82, 2.24) is 4.98 Å². The van der Waals surface area contributed by atoms with Crippen LogP contribution in [0, 0.1) is 21.7 Å². The zero-order valence-electron chi connectivity index (χ0n) is 9.85. The minimum Gasteiger partial charge on any atom is -0.373 e. The summed E-state index contributed by atoms with van der Waals surface area (Å²) >= 11 is 0. The van der Waals surface area contributed by atoms with Gasteiger partial charge in [0.2, 0.25) is 0 Å². The van der Waals surface area contributed by atoms with E-state index >= 15 is 0 Å². The smallest absolute Gasteiger partial charge is 0.295 e. The number of benzene rings is 1. The Labute approximate surface area is 107 Å². The van der Waals surface area contributed by atoms with E-state index in [1.165, 1.54) is 12.1 Å². The molecule has 0 aliphatic carbocycles. The average molecular weight is 265 g/mol. The van der Waals surface area contributed by atoms with Crippen LogP contribution >= 0.6 is 0 Å². The zero-order chi connectivity index (χ0) is 14.0. The van der Waals surface area contributed by atoms with Crippen molar-refractivity contribution in [3.05, 3.63) is 52.1 Å². The Balaban J connectivity index is 2.71. The van der Waals surface area contributed by atoms with Crippen LogP contribution in [0.15, 0.2) is 30.3 Å². The van der Waals surface area contributed by atoms with Crippen LogP contribution in [0.25, 0.3) is 11.3 Å². The Morgan fingerprint density at radius 1 is 1.26 bits per heavy atom. The summed E-state index contributed by atoms with van der Waals surface area (Å²) in [5.74, 6) is -1.14. The quantitative estimate of drug-likeness (QED) is 0.684. The first-order valence-corrected chi connectivity index (χ1v) is 5.31. The zero-order valence-corrected chi connectivity index (χ0v) is 9.85. The summed E-state index contributed by atoms with van der Waals surface area (Å²) in [6.07, 6.45) is 0. The number of nitrogens with one attached hydrogen (secondary N) is 1. The van der Waals surface area contributed by atoms with E-state index in [2.05, 4.69) is 10.3 Å². The number of nitro groups is 1. The molecular weight excluding hydrogens is 256 g/mol. The summed E-state index contributed by atoms with van der Waals surface area (Å²) in [6.45, 7) is 0. The van der Waals surface area contributed by atoms with Gasteiger partial charge in [-0.05, 0) is 24.3 Å². The molecule has 0 saturated carbocycles. The molecule has 0 unspecified atom stereocenters. The van der Waals surface area contributed by atoms with Gasteiger partial charge in [-0.2, -0.15) is 0 Å². The fourth-order valence-corrected chi connectivity index (χ4v) is 1.62. The molecule has 0 aliphatic rings. The Hall–Kier alpha value is -2.57. The maximum atomic E-state index is 13.7. The first kappa shape index (κ1) is 12.9. The molecule has 19 heavy (non-hydrogen) atoms. The second-order valence-corrected chi connectivity index (χ2v) is 3.70. The van der Waals surface area contributed by atoms with Gasteiger partial charge >= 0.3 is 0 Å². The number of aromatic nitrogens is 1. The van der Waals surface area contributed by atoms with Crippen LogP contribution in [0.4, 0.5) is 20.3 Å². The highest BCUT2D eigenvalue weighted by molar-refractivity contribution is 5.71. The molecule has 2 aromatic rings. The molecule has 0 bridgehead atoms. The Kier molecular flexibility index (Phi) is 3.37. The normalized spacial score (nSPS) is 10.3. The van der Waals surface area contributed by atoms with Gasteiger partial charge in [0.05, 0.1) is 4.92 Å². The molecule has 1 aromatic heterocycles. The molecule has 0 spiro atoms. The predicted octanol–water partition coefficient (Wildman–Crippen LogP) is 2.98. The van der Waals surface area contributed by atoms with Crippen molar-refractivity contribution in [3.8, 4) is 11.3 Å². The third-order valence-corrected chi connectivity index (χ3v) is 2.51. The molecule has 0 radical (unpaired) electrons. The van der Waals surface area contributed by atoms with Crippen LogP contribution in [0.2, 0.25) is 0 Å². The highest BCUT2D eigenvalue weighted by Gasteiger charge is 2.20. The van der Waals surface area contributed by atoms with Crippen molar-refractivity contribution >= 4 is 11.5 Å². The maximum absolute atomic E-state index is 13.7. The van der Waals surface area contributed by atoms with Crippen LogP contribution in [0.5, 0.6) is 0 Å². The number of rotatable bonds is 3. The number of hydrogen-bond donors (Lipinski definition) is 1. The maximum Gasteiger partial charge on any atom is 0.295 e. The van der Waals surface area contributed by atoms with E-state index in [-0.39, 0.29) is 16.9 Å². The van der Waals surface area contributed by atoms with Crippen molar-refractivity contribution < 1.29 is 13.7 Å². The molecule has 1 heterocycles. The molecule has 2 rings (SSSR count). The summed E-state index contributed by atoms with van der Waals surface area (Å²) in [7, 11) is 1.57. The molecular formula is C12H9F2N3O2. The Bertz CT molecular complexity index is 647. The van der Waals surface area contributed by atoms with Gasteiger partial charge in [-0.15, -0.1) is 0 Å². The second-order valence-electron chi connectivity index (χ2n) is 3.70. The molecule has 0 atom stereocenters. The molecule has 0 amide bonds. The minimum atomic E-state index is -0.773. The van der Waals surface area contributed by atoms with E-state index < -0.39 is 16.6 Å². The van der Waals surface area contributed by atoms with Gasteiger partial charge in [0, 0.05) is 18.7 Å². The summed E-state index contributed by atoms with van der Waals surface area (Å²) in [5.41, 5.74) is -0.846. The van der Waals surface area contributed by atoms with E-state index in [1.54, 1.807) is 7.05 Å². The van der Waals surface area contributed by atoms with Crippen LogP contribution in [-0.4, -0.2) is 17.0 Å². The lowest BCUT2D eigenvalue weighted by atomic mass is 10.1. The fourth-order valence-electron chi connectivity index (χ4n) is 1.62. The molecule has 7 heteroatoms. The lowest BCUT2D eigenvalue weighted by Crippen LogP contribution is -2.00. The van der Waals surface area contributed by atoms with Crippen LogP contribution < -0.4 is 5.32 Å². The Morgan fingerprint density at radius 3 is 2.63 bits per heavy atom. The summed E-state index contributed by atoms with van der Waals surface area (Å²) in [5, 5.41) is 13.6. The molecule has 5 nitrogen and oxygen atoms in total. The van der Waals surface area contributed by atoms with Gasteiger partial charge in [0.1, 0.15) is 17.5 Å². The Morgan fingerprint density at radius 2 is 2.00 bits per heavy atom. The molecule has 1 aromatic carbocycles. The highest BCUT2D eigenvalue weighted by atomic mass is 19.1. The SMILES string of the molecule is CNc1ccc([N+](=O)[O-])c(-c2cc(F)ccc2F)n1. The minimum absolute atomic E-state index is 0.214. The number of hydrogen-bond acceptors (Lipinski definition) is 4.